The van der Waals surface area contributed by atoms with Crippen LogP contribution in [0, 0.1) is 5.92 Å². The molecule has 0 saturated carbocycles. The van der Waals surface area contributed by atoms with E-state index in [1.807, 2.05) is 38.1 Å². The van der Waals surface area contributed by atoms with Crippen LogP contribution in [0.1, 0.15) is 19.4 Å². The molecule has 1 amide bonds. The van der Waals surface area contributed by atoms with Gasteiger partial charge in [-0.05, 0) is 36.6 Å². The van der Waals surface area contributed by atoms with Gasteiger partial charge in [0.25, 0.3) is 0 Å². The SMILES string of the molecule is CC(CO)C(C)NC(=O)/C=C/c1ccc(Br)cc1. The summed E-state index contributed by atoms with van der Waals surface area (Å²) in [6.07, 6.45) is 3.27. The molecule has 1 aromatic carbocycles. The van der Waals surface area contributed by atoms with Gasteiger partial charge in [0.2, 0.25) is 5.91 Å². The van der Waals surface area contributed by atoms with Crippen molar-refractivity contribution in [3.8, 4) is 0 Å². The normalized spacial score (nSPS) is 14.4. The highest BCUT2D eigenvalue weighted by molar-refractivity contribution is 9.10. The third-order valence-electron chi connectivity index (χ3n) is 2.81. The first-order valence-electron chi connectivity index (χ1n) is 5.88. The number of hydrogen-bond acceptors (Lipinski definition) is 2. The lowest BCUT2D eigenvalue weighted by Crippen LogP contribution is -2.37. The van der Waals surface area contributed by atoms with Gasteiger partial charge in [-0.1, -0.05) is 35.0 Å². The van der Waals surface area contributed by atoms with Gasteiger partial charge in [-0.15, -0.1) is 0 Å². The fourth-order valence-corrected chi connectivity index (χ4v) is 1.58. The van der Waals surface area contributed by atoms with Crippen LogP contribution in [0.3, 0.4) is 0 Å². The van der Waals surface area contributed by atoms with Crippen LogP contribution in [0.2, 0.25) is 0 Å². The number of halogens is 1. The summed E-state index contributed by atoms with van der Waals surface area (Å²) in [5, 5.41) is 11.8. The molecule has 1 aromatic rings. The van der Waals surface area contributed by atoms with Crippen LogP contribution in [0.15, 0.2) is 34.8 Å². The zero-order chi connectivity index (χ0) is 13.5. The van der Waals surface area contributed by atoms with Crippen molar-refractivity contribution < 1.29 is 9.90 Å². The molecule has 0 spiro atoms. The smallest absolute Gasteiger partial charge is 0.244 e. The second-order valence-electron chi connectivity index (χ2n) is 4.34. The van der Waals surface area contributed by atoms with E-state index in [-0.39, 0.29) is 24.5 Å². The van der Waals surface area contributed by atoms with Crippen LogP contribution in [0.25, 0.3) is 6.08 Å². The first-order valence-corrected chi connectivity index (χ1v) is 6.67. The van der Waals surface area contributed by atoms with Gasteiger partial charge in [0.1, 0.15) is 0 Å². The Labute approximate surface area is 116 Å². The Bertz CT molecular complexity index is 414. The maximum absolute atomic E-state index is 11.6. The summed E-state index contributed by atoms with van der Waals surface area (Å²) < 4.78 is 1.01. The first kappa shape index (κ1) is 14.9. The Morgan fingerprint density at radius 3 is 2.56 bits per heavy atom. The largest absolute Gasteiger partial charge is 0.396 e. The fraction of sp³-hybridized carbons (Fsp3) is 0.357. The summed E-state index contributed by atoms with van der Waals surface area (Å²) in [6, 6.07) is 7.65. The maximum atomic E-state index is 11.6. The zero-order valence-electron chi connectivity index (χ0n) is 10.6. The molecule has 0 bridgehead atoms. The number of aliphatic hydroxyl groups excluding tert-OH is 1. The second kappa shape index (κ2) is 7.34. The van der Waals surface area contributed by atoms with E-state index in [4.69, 9.17) is 5.11 Å². The van der Waals surface area contributed by atoms with E-state index in [0.717, 1.165) is 10.0 Å². The Kier molecular flexibility index (Phi) is 6.09. The molecule has 0 aliphatic rings. The highest BCUT2D eigenvalue weighted by atomic mass is 79.9. The van der Waals surface area contributed by atoms with E-state index in [1.165, 1.54) is 6.08 Å². The summed E-state index contributed by atoms with van der Waals surface area (Å²) >= 11 is 3.35. The van der Waals surface area contributed by atoms with Gasteiger partial charge in [0.15, 0.2) is 0 Å². The van der Waals surface area contributed by atoms with Crippen molar-refractivity contribution in [2.24, 2.45) is 5.92 Å². The molecule has 2 N–H and O–H groups in total. The highest BCUT2D eigenvalue weighted by Gasteiger charge is 2.11. The van der Waals surface area contributed by atoms with Crippen LogP contribution in [-0.4, -0.2) is 23.7 Å². The molecule has 2 atom stereocenters. The van der Waals surface area contributed by atoms with Crippen molar-refractivity contribution in [2.75, 3.05) is 6.61 Å². The van der Waals surface area contributed by atoms with E-state index in [1.54, 1.807) is 6.08 Å². The molecule has 18 heavy (non-hydrogen) atoms. The molecule has 0 aliphatic carbocycles. The van der Waals surface area contributed by atoms with Gasteiger partial charge in [0, 0.05) is 23.2 Å². The van der Waals surface area contributed by atoms with Crippen LogP contribution in [0.5, 0.6) is 0 Å². The minimum atomic E-state index is -0.147. The summed E-state index contributed by atoms with van der Waals surface area (Å²) in [7, 11) is 0. The number of nitrogens with one attached hydrogen (secondary N) is 1. The molecule has 0 radical (unpaired) electrons. The van der Waals surface area contributed by atoms with E-state index in [9.17, 15) is 4.79 Å². The van der Waals surface area contributed by atoms with Crippen molar-refractivity contribution >= 4 is 27.9 Å². The lowest BCUT2D eigenvalue weighted by molar-refractivity contribution is -0.117. The molecule has 2 unspecified atom stereocenters. The van der Waals surface area contributed by atoms with Crippen LogP contribution in [0.4, 0.5) is 0 Å². The fourth-order valence-electron chi connectivity index (χ4n) is 1.32. The highest BCUT2D eigenvalue weighted by Crippen LogP contribution is 2.11. The van der Waals surface area contributed by atoms with Gasteiger partial charge in [0.05, 0.1) is 0 Å². The molecule has 98 valence electrons. The minimum Gasteiger partial charge on any atom is -0.396 e. The predicted molar refractivity (Wildman–Crippen MR) is 77.0 cm³/mol. The van der Waals surface area contributed by atoms with Gasteiger partial charge in [-0.2, -0.15) is 0 Å². The lowest BCUT2D eigenvalue weighted by Gasteiger charge is -2.18. The van der Waals surface area contributed by atoms with Crippen LogP contribution in [-0.2, 0) is 4.79 Å². The summed E-state index contributed by atoms with van der Waals surface area (Å²) in [4.78, 5) is 11.6. The maximum Gasteiger partial charge on any atom is 0.244 e. The number of amides is 1. The summed E-state index contributed by atoms with van der Waals surface area (Å²) in [5.41, 5.74) is 0.969. The minimum absolute atomic E-state index is 0.0444. The van der Waals surface area contributed by atoms with E-state index < -0.39 is 0 Å². The second-order valence-corrected chi connectivity index (χ2v) is 5.26. The van der Waals surface area contributed by atoms with E-state index in [2.05, 4.69) is 21.2 Å². The topological polar surface area (TPSA) is 49.3 Å². The van der Waals surface area contributed by atoms with Gasteiger partial charge in [-0.3, -0.25) is 4.79 Å². The number of benzene rings is 1. The Hall–Kier alpha value is -1.13. The standard InChI is InChI=1S/C14H18BrNO2/c1-10(9-17)11(2)16-14(18)8-5-12-3-6-13(15)7-4-12/h3-8,10-11,17H,9H2,1-2H3,(H,16,18)/b8-5+. The van der Waals surface area contributed by atoms with Crippen molar-refractivity contribution in [3.05, 3.63) is 40.4 Å². The molecule has 0 saturated heterocycles. The molecular formula is C14H18BrNO2. The number of rotatable bonds is 5. The average molecular weight is 312 g/mol. The van der Waals surface area contributed by atoms with Crippen molar-refractivity contribution in [2.45, 2.75) is 19.9 Å². The number of hydrogen-bond donors (Lipinski definition) is 2. The molecule has 3 nitrogen and oxygen atoms in total. The number of aliphatic hydroxyl groups is 1. The van der Waals surface area contributed by atoms with Gasteiger partial charge < -0.3 is 10.4 Å². The van der Waals surface area contributed by atoms with E-state index in [0.29, 0.717) is 0 Å². The number of carbonyl (C=O) groups excluding carboxylic acids is 1. The van der Waals surface area contributed by atoms with Crippen molar-refractivity contribution in [1.82, 2.24) is 5.32 Å². The Morgan fingerprint density at radius 2 is 2.00 bits per heavy atom. The van der Waals surface area contributed by atoms with Gasteiger partial charge in [-0.25, -0.2) is 0 Å². The monoisotopic (exact) mass is 311 g/mol. The summed E-state index contributed by atoms with van der Waals surface area (Å²) in [6.45, 7) is 3.84. The molecule has 0 aliphatic heterocycles. The first-order chi connectivity index (χ1) is 8.52. The molecule has 0 fully saturated rings. The third-order valence-corrected chi connectivity index (χ3v) is 3.34. The number of carbonyl (C=O) groups is 1. The zero-order valence-corrected chi connectivity index (χ0v) is 12.1. The van der Waals surface area contributed by atoms with E-state index >= 15 is 0 Å². The van der Waals surface area contributed by atoms with Crippen molar-refractivity contribution in [3.63, 3.8) is 0 Å². The quantitative estimate of drug-likeness (QED) is 0.821. The van der Waals surface area contributed by atoms with Crippen LogP contribution < -0.4 is 5.32 Å². The molecule has 0 heterocycles. The molecule has 1 rings (SSSR count). The molecule has 4 heteroatoms. The lowest BCUT2D eigenvalue weighted by atomic mass is 10.1. The van der Waals surface area contributed by atoms with Crippen LogP contribution >= 0.6 is 15.9 Å². The predicted octanol–water partition coefficient (Wildman–Crippen LogP) is 2.60. The Morgan fingerprint density at radius 1 is 1.39 bits per heavy atom. The van der Waals surface area contributed by atoms with Gasteiger partial charge >= 0.3 is 0 Å². The molecular weight excluding hydrogens is 294 g/mol. The average Bonchev–Trinajstić information content (AvgIpc) is 2.37. The molecule has 0 aromatic heterocycles. The van der Waals surface area contributed by atoms with Crippen molar-refractivity contribution in [1.29, 1.82) is 0 Å². The Balaban J connectivity index is 2.52. The third kappa shape index (κ3) is 5.02. The summed E-state index contributed by atoms with van der Waals surface area (Å²) in [5.74, 6) is -0.0965.